The lowest BCUT2D eigenvalue weighted by Gasteiger charge is -2.34. The Morgan fingerprint density at radius 3 is 2.45 bits per heavy atom. The highest BCUT2D eigenvalue weighted by Gasteiger charge is 2.37. The average molecular weight is 161 g/mol. The number of amides is 2. The molecule has 1 aliphatic heterocycles. The van der Waals surface area contributed by atoms with Crippen molar-refractivity contribution in [2.45, 2.75) is 6.42 Å². The molecule has 64 valence electrons. The van der Waals surface area contributed by atoms with Crippen LogP contribution in [0.5, 0.6) is 0 Å². The molecule has 0 aromatic carbocycles. The van der Waals surface area contributed by atoms with Crippen molar-refractivity contribution in [3.63, 3.8) is 0 Å². The van der Waals surface area contributed by atoms with Crippen LogP contribution in [0.2, 0.25) is 0 Å². The van der Waals surface area contributed by atoms with E-state index in [1.54, 1.807) is 0 Å². The minimum Gasteiger partial charge on any atom is -0.347 e. The van der Waals surface area contributed by atoms with Crippen molar-refractivity contribution in [3.05, 3.63) is 0 Å². The normalized spacial score (nSPS) is 22.9. The smallest absolute Gasteiger partial charge is 0.347 e. The molecule has 0 bridgehead atoms. The van der Waals surface area contributed by atoms with Gasteiger partial charge in [-0.3, -0.25) is 0 Å². The maximum absolute atomic E-state index is 11.1. The number of quaternary nitrogens is 1. The van der Waals surface area contributed by atoms with Gasteiger partial charge in [-0.2, -0.15) is 4.48 Å². The molecule has 0 aromatic heterocycles. The minimum atomic E-state index is -0.331. The molecule has 0 radical (unpaired) electrons. The summed E-state index contributed by atoms with van der Waals surface area (Å²) in [6.45, 7) is 0.488. The van der Waals surface area contributed by atoms with E-state index in [4.69, 9.17) is 10.2 Å². The first-order valence-corrected chi connectivity index (χ1v) is 3.61. The van der Waals surface area contributed by atoms with Crippen LogP contribution in [0.3, 0.4) is 0 Å². The van der Waals surface area contributed by atoms with Crippen molar-refractivity contribution in [2.24, 2.45) is 0 Å². The van der Waals surface area contributed by atoms with Crippen LogP contribution in [-0.2, 0) is 0 Å². The summed E-state index contributed by atoms with van der Waals surface area (Å²) >= 11 is 0. The van der Waals surface area contributed by atoms with Crippen molar-refractivity contribution in [3.8, 4) is 0 Å². The summed E-state index contributed by atoms with van der Waals surface area (Å²) in [6.07, 6.45) is 0.798. The van der Waals surface area contributed by atoms with Gasteiger partial charge in [0.2, 0.25) is 0 Å². The first kappa shape index (κ1) is 8.45. The van der Waals surface area contributed by atoms with Gasteiger partial charge in [0.25, 0.3) is 0 Å². The highest BCUT2D eigenvalue weighted by Crippen LogP contribution is 2.09. The topological polar surface area (TPSA) is 69.6 Å². The number of nitrogens with one attached hydrogen (secondary N) is 1. The second kappa shape index (κ2) is 3.17. The van der Waals surface area contributed by atoms with Gasteiger partial charge in [-0.25, -0.2) is 4.79 Å². The molecule has 5 heteroatoms. The maximum atomic E-state index is 11.1. The number of rotatable bonds is 2. The van der Waals surface area contributed by atoms with Crippen molar-refractivity contribution >= 4 is 6.03 Å². The largest absolute Gasteiger partial charge is 0.420 e. The van der Waals surface area contributed by atoms with Crippen LogP contribution in [0.4, 0.5) is 4.79 Å². The molecule has 0 spiro atoms. The average Bonchev–Trinajstić information content (AvgIpc) is 2.06. The predicted octanol–water partition coefficient (Wildman–Crippen LogP) is -1.18. The van der Waals surface area contributed by atoms with Gasteiger partial charge in [0.15, 0.2) is 13.5 Å². The molecule has 11 heavy (non-hydrogen) atoms. The van der Waals surface area contributed by atoms with E-state index in [1.165, 1.54) is 0 Å². The lowest BCUT2D eigenvalue weighted by Crippen LogP contribution is -2.62. The van der Waals surface area contributed by atoms with E-state index >= 15 is 0 Å². The Kier molecular flexibility index (Phi) is 2.43. The Labute approximate surface area is 64.8 Å². The summed E-state index contributed by atoms with van der Waals surface area (Å²) in [5, 5.41) is 20.3. The fraction of sp³-hybridized carbons (Fsp3) is 0.833. The zero-order chi connectivity index (χ0) is 8.32. The summed E-state index contributed by atoms with van der Waals surface area (Å²) in [4.78, 5) is 11.1. The number of hydrogen-bond donors (Lipinski definition) is 3. The standard InChI is InChI=1S/C6H12N2O3/c9-4-8(5-10)3-1-2-7-6(8)11/h9-10H,1-5H2/p+1. The Morgan fingerprint density at radius 1 is 1.45 bits per heavy atom. The molecule has 0 saturated carbocycles. The van der Waals surface area contributed by atoms with Crippen LogP contribution in [0.1, 0.15) is 6.42 Å². The van der Waals surface area contributed by atoms with Gasteiger partial charge in [0.1, 0.15) is 0 Å². The lowest BCUT2D eigenvalue weighted by molar-refractivity contribution is -0.891. The van der Waals surface area contributed by atoms with E-state index < -0.39 is 0 Å². The van der Waals surface area contributed by atoms with Gasteiger partial charge in [-0.05, 0) is 0 Å². The van der Waals surface area contributed by atoms with E-state index in [2.05, 4.69) is 5.32 Å². The minimum absolute atomic E-state index is 0.264. The van der Waals surface area contributed by atoms with Gasteiger partial charge >= 0.3 is 6.03 Å². The van der Waals surface area contributed by atoms with E-state index in [0.29, 0.717) is 13.1 Å². The van der Waals surface area contributed by atoms with E-state index in [-0.39, 0.29) is 24.0 Å². The van der Waals surface area contributed by atoms with Crippen molar-refractivity contribution in [1.82, 2.24) is 5.32 Å². The third-order valence-corrected chi connectivity index (χ3v) is 2.01. The summed E-state index contributed by atoms with van der Waals surface area (Å²) < 4.78 is -0.264. The molecule has 1 heterocycles. The Balaban J connectivity index is 2.69. The summed E-state index contributed by atoms with van der Waals surface area (Å²) in [7, 11) is 0. The summed E-state index contributed by atoms with van der Waals surface area (Å²) in [6, 6.07) is -0.291. The Morgan fingerprint density at radius 2 is 2.09 bits per heavy atom. The molecule has 1 rings (SSSR count). The predicted molar refractivity (Wildman–Crippen MR) is 37.3 cm³/mol. The maximum Gasteiger partial charge on any atom is 0.420 e. The van der Waals surface area contributed by atoms with Gasteiger partial charge in [-0.1, -0.05) is 0 Å². The zero-order valence-electron chi connectivity index (χ0n) is 6.29. The third-order valence-electron chi connectivity index (χ3n) is 2.01. The number of carbonyl (C=O) groups is 1. The molecule has 0 aliphatic carbocycles. The number of hydrogen-bond acceptors (Lipinski definition) is 3. The van der Waals surface area contributed by atoms with E-state index in [1.807, 2.05) is 0 Å². The van der Waals surface area contributed by atoms with Crippen LogP contribution < -0.4 is 5.32 Å². The van der Waals surface area contributed by atoms with Crippen molar-refractivity contribution < 1.29 is 19.5 Å². The van der Waals surface area contributed by atoms with E-state index in [0.717, 1.165) is 6.42 Å². The molecular weight excluding hydrogens is 148 g/mol. The van der Waals surface area contributed by atoms with Crippen LogP contribution in [0, 0.1) is 0 Å². The summed E-state index contributed by atoms with van der Waals surface area (Å²) in [5.41, 5.74) is 0. The highest BCUT2D eigenvalue weighted by atomic mass is 16.3. The molecular formula is C6H13N2O3+. The molecule has 2 amide bonds. The van der Waals surface area contributed by atoms with Gasteiger partial charge in [0.05, 0.1) is 6.54 Å². The number of aliphatic hydroxyl groups excluding tert-OH is 2. The molecule has 0 atom stereocenters. The molecule has 1 aliphatic rings. The summed E-state index contributed by atoms with van der Waals surface area (Å²) in [5.74, 6) is 0. The Bertz CT molecular complexity index is 156. The second-order valence-corrected chi connectivity index (χ2v) is 2.74. The fourth-order valence-electron chi connectivity index (χ4n) is 1.16. The van der Waals surface area contributed by atoms with Gasteiger partial charge < -0.3 is 15.5 Å². The van der Waals surface area contributed by atoms with Crippen molar-refractivity contribution in [2.75, 3.05) is 26.6 Å². The SMILES string of the molecule is O=C1NCCC[N+]1(CO)CO. The lowest BCUT2D eigenvalue weighted by atomic mass is 10.3. The number of aliphatic hydroxyl groups is 2. The number of nitrogens with zero attached hydrogens (tertiary/aromatic N) is 1. The molecule has 5 nitrogen and oxygen atoms in total. The van der Waals surface area contributed by atoms with Gasteiger partial charge in [0, 0.05) is 13.0 Å². The number of urea groups is 1. The zero-order valence-corrected chi connectivity index (χ0v) is 6.29. The molecule has 0 unspecified atom stereocenters. The molecule has 1 fully saturated rings. The molecule has 0 aromatic rings. The quantitative estimate of drug-likeness (QED) is 0.446. The first-order valence-electron chi connectivity index (χ1n) is 3.61. The van der Waals surface area contributed by atoms with Gasteiger partial charge in [-0.15, -0.1) is 0 Å². The van der Waals surface area contributed by atoms with E-state index in [9.17, 15) is 4.79 Å². The first-order chi connectivity index (χ1) is 5.25. The third kappa shape index (κ3) is 1.35. The van der Waals surface area contributed by atoms with Crippen LogP contribution >= 0.6 is 0 Å². The van der Waals surface area contributed by atoms with Crippen LogP contribution in [-0.4, -0.2) is 47.3 Å². The number of carbonyl (C=O) groups excluding carboxylic acids is 1. The Hall–Kier alpha value is -0.650. The monoisotopic (exact) mass is 161 g/mol. The molecule has 3 N–H and O–H groups in total. The van der Waals surface area contributed by atoms with Crippen LogP contribution in [0.25, 0.3) is 0 Å². The highest BCUT2D eigenvalue weighted by molar-refractivity contribution is 5.67. The second-order valence-electron chi connectivity index (χ2n) is 2.74. The van der Waals surface area contributed by atoms with Crippen LogP contribution in [0.15, 0.2) is 0 Å². The fourth-order valence-corrected chi connectivity index (χ4v) is 1.16. The van der Waals surface area contributed by atoms with Crippen molar-refractivity contribution in [1.29, 1.82) is 0 Å². The molecule has 1 saturated heterocycles.